The van der Waals surface area contributed by atoms with Crippen molar-refractivity contribution in [3.63, 3.8) is 0 Å². The quantitative estimate of drug-likeness (QED) is 0.882. The van der Waals surface area contributed by atoms with Crippen LogP contribution in [0.15, 0.2) is 54.6 Å². The first kappa shape index (κ1) is 18.1. The molecular weight excluding hydrogens is 328 g/mol. The summed E-state index contributed by atoms with van der Waals surface area (Å²) in [7, 11) is 0. The van der Waals surface area contributed by atoms with Gasteiger partial charge in [0.2, 0.25) is 0 Å². The van der Waals surface area contributed by atoms with Gasteiger partial charge >= 0.3 is 6.09 Å². The molecule has 5 nitrogen and oxygen atoms in total. The van der Waals surface area contributed by atoms with Crippen molar-refractivity contribution in [1.82, 2.24) is 5.32 Å². The van der Waals surface area contributed by atoms with E-state index < -0.39 is 5.60 Å². The maximum atomic E-state index is 11.8. The smallest absolute Gasteiger partial charge is 0.407 e. The summed E-state index contributed by atoms with van der Waals surface area (Å²) in [6.45, 7) is 7.71. The molecule has 3 rings (SSSR count). The highest BCUT2D eigenvalue weighted by Gasteiger charge is 2.29. The number of alkyl carbamates (subject to hydrolysis) is 1. The zero-order valence-electron chi connectivity index (χ0n) is 15.6. The number of rotatable bonds is 5. The number of amides is 1. The van der Waals surface area contributed by atoms with E-state index in [1.54, 1.807) is 0 Å². The summed E-state index contributed by atoms with van der Waals surface area (Å²) in [5.74, 6) is 0.849. The molecule has 1 fully saturated rings. The van der Waals surface area contributed by atoms with E-state index in [0.717, 1.165) is 30.1 Å². The van der Waals surface area contributed by atoms with Crippen molar-refractivity contribution in [3.05, 3.63) is 60.2 Å². The fourth-order valence-electron chi connectivity index (χ4n) is 2.75. The van der Waals surface area contributed by atoms with E-state index in [1.165, 1.54) is 0 Å². The van der Waals surface area contributed by atoms with Crippen molar-refractivity contribution >= 4 is 11.8 Å². The lowest BCUT2D eigenvalue weighted by Crippen LogP contribution is -2.60. The highest BCUT2D eigenvalue weighted by molar-refractivity contribution is 5.69. The van der Waals surface area contributed by atoms with Crippen LogP contribution in [0.4, 0.5) is 10.5 Å². The van der Waals surface area contributed by atoms with Gasteiger partial charge in [0.25, 0.3) is 0 Å². The number of anilines is 1. The van der Waals surface area contributed by atoms with Gasteiger partial charge < -0.3 is 19.7 Å². The maximum Gasteiger partial charge on any atom is 0.407 e. The number of hydrogen-bond donors (Lipinski definition) is 1. The molecule has 0 aliphatic carbocycles. The van der Waals surface area contributed by atoms with Crippen LogP contribution < -0.4 is 15.0 Å². The molecule has 138 valence electrons. The molecule has 0 spiro atoms. The van der Waals surface area contributed by atoms with Gasteiger partial charge in [0, 0.05) is 18.8 Å². The Hall–Kier alpha value is -2.69. The number of carbonyl (C=O) groups excluding carboxylic acids is 1. The van der Waals surface area contributed by atoms with Gasteiger partial charge in [-0.15, -0.1) is 0 Å². The van der Waals surface area contributed by atoms with Crippen LogP contribution in [0.1, 0.15) is 26.3 Å². The van der Waals surface area contributed by atoms with Crippen molar-refractivity contribution in [3.8, 4) is 5.75 Å². The Bertz CT molecular complexity index is 717. The van der Waals surface area contributed by atoms with Crippen LogP contribution in [0, 0.1) is 0 Å². The number of ether oxygens (including phenoxy) is 2. The highest BCUT2D eigenvalue weighted by Crippen LogP contribution is 2.24. The molecule has 26 heavy (non-hydrogen) atoms. The standard InChI is InChI=1S/C21H26N2O3/c1-21(2,3)26-20(24)22-17-13-23(14-17)18-9-11-19(12-10-18)25-15-16-7-5-4-6-8-16/h4-12,17H,13-15H2,1-3H3,(H,22,24). The fourth-order valence-corrected chi connectivity index (χ4v) is 2.75. The van der Waals surface area contributed by atoms with Crippen molar-refractivity contribution in [2.24, 2.45) is 0 Å². The first-order valence-corrected chi connectivity index (χ1v) is 8.90. The van der Waals surface area contributed by atoms with E-state index in [9.17, 15) is 4.79 Å². The topological polar surface area (TPSA) is 50.8 Å². The number of nitrogens with one attached hydrogen (secondary N) is 1. The lowest BCUT2D eigenvalue weighted by Gasteiger charge is -2.41. The number of nitrogens with zero attached hydrogens (tertiary/aromatic N) is 1. The molecular formula is C21H26N2O3. The van der Waals surface area contributed by atoms with Crippen molar-refractivity contribution in [2.45, 2.75) is 39.0 Å². The van der Waals surface area contributed by atoms with Crippen molar-refractivity contribution < 1.29 is 14.3 Å². The van der Waals surface area contributed by atoms with E-state index in [4.69, 9.17) is 9.47 Å². The Balaban J connectivity index is 1.43. The largest absolute Gasteiger partial charge is 0.489 e. The molecule has 0 radical (unpaired) electrons. The molecule has 2 aromatic carbocycles. The number of hydrogen-bond acceptors (Lipinski definition) is 4. The third-order valence-corrected chi connectivity index (χ3v) is 4.05. The molecule has 0 bridgehead atoms. The van der Waals surface area contributed by atoms with E-state index >= 15 is 0 Å². The van der Waals surface area contributed by atoms with Gasteiger partial charge in [-0.25, -0.2) is 4.79 Å². The predicted octanol–water partition coefficient (Wildman–Crippen LogP) is 3.98. The van der Waals surface area contributed by atoms with E-state index in [1.807, 2.05) is 75.4 Å². The van der Waals surface area contributed by atoms with Gasteiger partial charge in [0.05, 0.1) is 6.04 Å². The predicted molar refractivity (Wildman–Crippen MR) is 103 cm³/mol. The first-order valence-electron chi connectivity index (χ1n) is 8.90. The molecule has 0 saturated carbocycles. The average molecular weight is 354 g/mol. The highest BCUT2D eigenvalue weighted by atomic mass is 16.6. The number of benzene rings is 2. The SMILES string of the molecule is CC(C)(C)OC(=O)NC1CN(c2ccc(OCc3ccccc3)cc2)C1. The molecule has 0 atom stereocenters. The summed E-state index contributed by atoms with van der Waals surface area (Å²) in [4.78, 5) is 14.0. The molecule has 1 N–H and O–H groups in total. The van der Waals surface area contributed by atoms with Gasteiger partial charge in [0.1, 0.15) is 18.0 Å². The average Bonchev–Trinajstić information content (AvgIpc) is 2.56. The third-order valence-electron chi connectivity index (χ3n) is 4.05. The van der Waals surface area contributed by atoms with Crippen LogP contribution >= 0.6 is 0 Å². The zero-order chi connectivity index (χ0) is 18.6. The maximum absolute atomic E-state index is 11.8. The normalized spacial score (nSPS) is 14.5. The lowest BCUT2D eigenvalue weighted by atomic mass is 10.1. The van der Waals surface area contributed by atoms with Gasteiger partial charge in [0.15, 0.2) is 0 Å². The van der Waals surface area contributed by atoms with E-state index in [0.29, 0.717) is 6.61 Å². The Labute approximate surface area is 154 Å². The minimum absolute atomic E-state index is 0.124. The molecule has 1 amide bonds. The minimum Gasteiger partial charge on any atom is -0.489 e. The van der Waals surface area contributed by atoms with Crippen molar-refractivity contribution in [2.75, 3.05) is 18.0 Å². The Kier molecular flexibility index (Phi) is 5.35. The Morgan fingerprint density at radius 1 is 1.08 bits per heavy atom. The van der Waals surface area contributed by atoms with Gasteiger partial charge in [-0.3, -0.25) is 0 Å². The molecule has 5 heteroatoms. The summed E-state index contributed by atoms with van der Waals surface area (Å²) < 4.78 is 11.1. The van der Waals surface area contributed by atoms with E-state index in [-0.39, 0.29) is 12.1 Å². The number of carbonyl (C=O) groups is 1. The fraction of sp³-hybridized carbons (Fsp3) is 0.381. The van der Waals surface area contributed by atoms with Crippen molar-refractivity contribution in [1.29, 1.82) is 0 Å². The first-order chi connectivity index (χ1) is 12.4. The second-order valence-corrected chi connectivity index (χ2v) is 7.52. The molecule has 1 saturated heterocycles. The molecule has 0 unspecified atom stereocenters. The summed E-state index contributed by atoms with van der Waals surface area (Å²) in [6, 6.07) is 18.3. The minimum atomic E-state index is -0.469. The van der Waals surface area contributed by atoms with Crippen LogP contribution in [0.25, 0.3) is 0 Å². The summed E-state index contributed by atoms with van der Waals surface area (Å²) >= 11 is 0. The van der Waals surface area contributed by atoms with Gasteiger partial charge in [-0.2, -0.15) is 0 Å². The van der Waals surface area contributed by atoms with Crippen LogP contribution in [-0.2, 0) is 11.3 Å². The Morgan fingerprint density at radius 3 is 2.35 bits per heavy atom. The Morgan fingerprint density at radius 2 is 1.73 bits per heavy atom. The molecule has 1 aliphatic rings. The molecule has 2 aromatic rings. The lowest BCUT2D eigenvalue weighted by molar-refractivity contribution is 0.0496. The van der Waals surface area contributed by atoms with Crippen LogP contribution in [-0.4, -0.2) is 30.8 Å². The molecule has 1 heterocycles. The molecule has 1 aliphatic heterocycles. The second kappa shape index (κ2) is 7.68. The summed E-state index contributed by atoms with van der Waals surface area (Å²) in [5, 5.41) is 2.89. The summed E-state index contributed by atoms with van der Waals surface area (Å²) in [5.41, 5.74) is 1.80. The van der Waals surface area contributed by atoms with Crippen LogP contribution in [0.2, 0.25) is 0 Å². The van der Waals surface area contributed by atoms with E-state index in [2.05, 4.69) is 10.2 Å². The third kappa shape index (κ3) is 5.15. The second-order valence-electron chi connectivity index (χ2n) is 7.52. The molecule has 0 aromatic heterocycles. The zero-order valence-corrected chi connectivity index (χ0v) is 15.6. The van der Waals surface area contributed by atoms with Gasteiger partial charge in [-0.05, 0) is 50.6 Å². The van der Waals surface area contributed by atoms with Gasteiger partial charge in [-0.1, -0.05) is 30.3 Å². The summed E-state index contributed by atoms with van der Waals surface area (Å²) in [6.07, 6.45) is -0.355. The monoisotopic (exact) mass is 354 g/mol. The van der Waals surface area contributed by atoms with Crippen LogP contribution in [0.5, 0.6) is 5.75 Å². The van der Waals surface area contributed by atoms with Crippen LogP contribution in [0.3, 0.4) is 0 Å².